The van der Waals surface area contributed by atoms with Crippen LogP contribution in [0, 0.1) is 0 Å². The predicted molar refractivity (Wildman–Crippen MR) is 169 cm³/mol. The first-order valence-corrected chi connectivity index (χ1v) is 15.9. The highest BCUT2D eigenvalue weighted by Gasteiger charge is 2.34. The van der Waals surface area contributed by atoms with Gasteiger partial charge in [-0.15, -0.1) is 0 Å². The van der Waals surface area contributed by atoms with Crippen LogP contribution in [0.2, 0.25) is 5.02 Å². The third kappa shape index (κ3) is 9.11. The summed E-state index contributed by atoms with van der Waals surface area (Å²) in [6.07, 6.45) is 0.316. The van der Waals surface area contributed by atoms with E-state index in [-0.39, 0.29) is 23.0 Å². The summed E-state index contributed by atoms with van der Waals surface area (Å²) in [5, 5.41) is 3.34. The molecular formula is C32H40ClN3O6S. The van der Waals surface area contributed by atoms with E-state index in [4.69, 9.17) is 21.1 Å². The van der Waals surface area contributed by atoms with Gasteiger partial charge in [-0.25, -0.2) is 8.42 Å². The second-order valence-electron chi connectivity index (χ2n) is 10.9. The Bertz CT molecular complexity index is 1470. The Kier molecular flexibility index (Phi) is 11.5. The van der Waals surface area contributed by atoms with Crippen molar-refractivity contribution in [1.82, 2.24) is 10.2 Å². The Morgan fingerprint density at radius 2 is 1.49 bits per heavy atom. The molecule has 232 valence electrons. The van der Waals surface area contributed by atoms with Crippen LogP contribution < -0.4 is 19.1 Å². The topological polar surface area (TPSA) is 105 Å². The third-order valence-electron chi connectivity index (χ3n) is 6.51. The SMILES string of the molecule is CCOc1ccc(N(CC(=O)N(Cc2ccc(OC)cc2)C(CC)C(=O)NC(C)(C)C)S(=O)(=O)c2ccc(Cl)cc2)cc1. The molecule has 0 heterocycles. The highest BCUT2D eigenvalue weighted by molar-refractivity contribution is 7.92. The molecule has 3 aromatic carbocycles. The number of carbonyl (C=O) groups is 2. The maximum Gasteiger partial charge on any atom is 0.264 e. The van der Waals surface area contributed by atoms with Gasteiger partial charge in [-0.2, -0.15) is 0 Å². The molecule has 0 bridgehead atoms. The van der Waals surface area contributed by atoms with E-state index >= 15 is 0 Å². The van der Waals surface area contributed by atoms with Gasteiger partial charge in [0.2, 0.25) is 11.8 Å². The first kappa shape index (κ1) is 33.7. The Balaban J connectivity index is 2.07. The number of rotatable bonds is 13. The maximum absolute atomic E-state index is 14.2. The van der Waals surface area contributed by atoms with E-state index in [1.165, 1.54) is 29.2 Å². The molecule has 0 aliphatic rings. The van der Waals surface area contributed by atoms with Crippen LogP contribution in [0.4, 0.5) is 5.69 Å². The predicted octanol–water partition coefficient (Wildman–Crippen LogP) is 5.66. The standard InChI is InChI=1S/C32H40ClN3O6S/c1-7-29(31(38)34-32(3,4)5)35(21-23-9-15-26(41-6)16-10-23)30(37)22-36(25-13-17-27(18-14-25)42-8-2)43(39,40)28-19-11-24(33)12-20-28/h9-20,29H,7-8,21-22H2,1-6H3,(H,34,38). The Labute approximate surface area is 259 Å². The third-order valence-corrected chi connectivity index (χ3v) is 8.55. The van der Waals surface area contributed by atoms with Crippen LogP contribution in [0.3, 0.4) is 0 Å². The molecule has 0 aliphatic heterocycles. The number of benzene rings is 3. The van der Waals surface area contributed by atoms with Crippen molar-refractivity contribution in [3.63, 3.8) is 0 Å². The molecule has 9 nitrogen and oxygen atoms in total. The van der Waals surface area contributed by atoms with Crippen LogP contribution in [0.25, 0.3) is 0 Å². The second kappa shape index (κ2) is 14.6. The molecule has 0 aromatic heterocycles. The molecule has 0 spiro atoms. The van der Waals surface area contributed by atoms with E-state index < -0.39 is 34.1 Å². The van der Waals surface area contributed by atoms with Gasteiger partial charge in [0.1, 0.15) is 24.1 Å². The van der Waals surface area contributed by atoms with Crippen LogP contribution in [-0.2, 0) is 26.2 Å². The number of ether oxygens (including phenoxy) is 2. The molecule has 1 N–H and O–H groups in total. The number of nitrogens with zero attached hydrogens (tertiary/aromatic N) is 2. The van der Waals surface area contributed by atoms with Crippen molar-refractivity contribution in [2.45, 2.75) is 64.1 Å². The molecule has 3 aromatic rings. The number of amides is 2. The van der Waals surface area contributed by atoms with Gasteiger partial charge in [-0.3, -0.25) is 13.9 Å². The van der Waals surface area contributed by atoms with E-state index in [0.717, 1.165) is 9.87 Å². The van der Waals surface area contributed by atoms with Crippen LogP contribution in [-0.4, -0.2) is 57.0 Å². The van der Waals surface area contributed by atoms with Gasteiger partial charge >= 0.3 is 0 Å². The lowest BCUT2D eigenvalue weighted by Gasteiger charge is -2.34. The van der Waals surface area contributed by atoms with Crippen molar-refractivity contribution in [2.75, 3.05) is 24.6 Å². The fourth-order valence-corrected chi connectivity index (χ4v) is 5.98. The number of sulfonamides is 1. The Morgan fingerprint density at radius 3 is 2.00 bits per heavy atom. The van der Waals surface area contributed by atoms with Gasteiger partial charge in [0.05, 0.1) is 24.3 Å². The van der Waals surface area contributed by atoms with Crippen LogP contribution in [0.5, 0.6) is 11.5 Å². The summed E-state index contributed by atoms with van der Waals surface area (Å²) < 4.78 is 39.8. The minimum absolute atomic E-state index is 0.0298. The Morgan fingerprint density at radius 1 is 0.907 bits per heavy atom. The van der Waals surface area contributed by atoms with E-state index in [1.807, 2.05) is 46.8 Å². The van der Waals surface area contributed by atoms with Crippen molar-refractivity contribution >= 4 is 39.1 Å². The van der Waals surface area contributed by atoms with E-state index in [1.54, 1.807) is 43.5 Å². The number of hydrogen-bond donors (Lipinski definition) is 1. The highest BCUT2D eigenvalue weighted by Crippen LogP contribution is 2.28. The minimum Gasteiger partial charge on any atom is -0.497 e. The Hall–Kier alpha value is -3.76. The molecule has 43 heavy (non-hydrogen) atoms. The quantitative estimate of drug-likeness (QED) is 0.261. The molecule has 11 heteroatoms. The number of anilines is 1. The molecular weight excluding hydrogens is 590 g/mol. The molecule has 0 saturated carbocycles. The summed E-state index contributed by atoms with van der Waals surface area (Å²) >= 11 is 6.02. The average molecular weight is 630 g/mol. The zero-order chi connectivity index (χ0) is 31.8. The zero-order valence-corrected chi connectivity index (χ0v) is 27.0. The fourth-order valence-electron chi connectivity index (χ4n) is 4.44. The van der Waals surface area contributed by atoms with Crippen LogP contribution >= 0.6 is 11.6 Å². The number of halogens is 1. The minimum atomic E-state index is -4.22. The molecule has 3 rings (SSSR count). The van der Waals surface area contributed by atoms with Crippen molar-refractivity contribution in [3.05, 3.63) is 83.4 Å². The number of methoxy groups -OCH3 is 1. The van der Waals surface area contributed by atoms with Crippen molar-refractivity contribution in [1.29, 1.82) is 0 Å². The van der Waals surface area contributed by atoms with Crippen molar-refractivity contribution in [2.24, 2.45) is 0 Å². The number of hydrogen-bond acceptors (Lipinski definition) is 6. The number of carbonyl (C=O) groups excluding carboxylic acids is 2. The fraction of sp³-hybridized carbons (Fsp3) is 0.375. The molecule has 0 fully saturated rings. The molecule has 1 unspecified atom stereocenters. The van der Waals surface area contributed by atoms with Crippen molar-refractivity contribution < 1.29 is 27.5 Å². The number of nitrogens with one attached hydrogen (secondary N) is 1. The van der Waals surface area contributed by atoms with E-state index in [9.17, 15) is 18.0 Å². The normalized spacial score (nSPS) is 12.3. The summed E-state index contributed by atoms with van der Waals surface area (Å²) in [5.41, 5.74) is 0.485. The van der Waals surface area contributed by atoms with Gasteiger partial charge < -0.3 is 19.7 Å². The summed E-state index contributed by atoms with van der Waals surface area (Å²) in [7, 11) is -2.66. The first-order chi connectivity index (χ1) is 20.3. The smallest absolute Gasteiger partial charge is 0.264 e. The first-order valence-electron chi connectivity index (χ1n) is 14.0. The lowest BCUT2D eigenvalue weighted by atomic mass is 10.1. The van der Waals surface area contributed by atoms with Gasteiger partial charge in [0.25, 0.3) is 10.0 Å². The second-order valence-corrected chi connectivity index (χ2v) is 13.2. The van der Waals surface area contributed by atoms with Crippen LogP contribution in [0.1, 0.15) is 46.6 Å². The van der Waals surface area contributed by atoms with E-state index in [0.29, 0.717) is 29.5 Å². The lowest BCUT2D eigenvalue weighted by Crippen LogP contribution is -2.55. The average Bonchev–Trinajstić information content (AvgIpc) is 2.96. The maximum atomic E-state index is 14.2. The lowest BCUT2D eigenvalue weighted by molar-refractivity contribution is -0.141. The molecule has 0 saturated heterocycles. The monoisotopic (exact) mass is 629 g/mol. The van der Waals surface area contributed by atoms with Gasteiger partial charge in [0, 0.05) is 17.1 Å². The van der Waals surface area contributed by atoms with Gasteiger partial charge in [0.15, 0.2) is 0 Å². The summed E-state index contributed by atoms with van der Waals surface area (Å²) in [4.78, 5) is 29.0. The largest absolute Gasteiger partial charge is 0.497 e. The molecule has 2 amide bonds. The van der Waals surface area contributed by atoms with Crippen molar-refractivity contribution in [3.8, 4) is 11.5 Å². The summed E-state index contributed by atoms with van der Waals surface area (Å²) in [6.45, 7) is 9.22. The van der Waals surface area contributed by atoms with Crippen LogP contribution in [0.15, 0.2) is 77.7 Å². The summed E-state index contributed by atoms with van der Waals surface area (Å²) in [6, 6.07) is 18.5. The highest BCUT2D eigenvalue weighted by atomic mass is 35.5. The summed E-state index contributed by atoms with van der Waals surface area (Å²) in [5.74, 6) is 0.338. The zero-order valence-electron chi connectivity index (χ0n) is 25.5. The molecule has 1 atom stereocenters. The van der Waals surface area contributed by atoms with Gasteiger partial charge in [-0.05, 0) is 100 Å². The molecule has 0 aliphatic carbocycles. The van der Waals surface area contributed by atoms with E-state index in [2.05, 4.69) is 5.32 Å². The molecule has 0 radical (unpaired) electrons. The van der Waals surface area contributed by atoms with Gasteiger partial charge in [-0.1, -0.05) is 30.7 Å².